The Labute approximate surface area is 111 Å². The lowest BCUT2D eigenvalue weighted by Crippen LogP contribution is -2.03. The predicted octanol–water partition coefficient (Wildman–Crippen LogP) is 2.67. The number of esters is 2. The van der Waals surface area contributed by atoms with Crippen LogP contribution in [0.4, 0.5) is 0 Å². The summed E-state index contributed by atoms with van der Waals surface area (Å²) in [6.45, 7) is 1.36. The first-order valence-corrected chi connectivity index (χ1v) is 6.14. The smallest absolute Gasteiger partial charge is 0.308 e. The molecular formula is C13H15ClO4. The van der Waals surface area contributed by atoms with E-state index in [4.69, 9.17) is 16.3 Å². The van der Waals surface area contributed by atoms with Gasteiger partial charge in [0.25, 0.3) is 0 Å². The van der Waals surface area contributed by atoms with E-state index in [0.717, 1.165) is 12.0 Å². The molecule has 0 heterocycles. The van der Waals surface area contributed by atoms with Crippen LogP contribution in [0.1, 0.15) is 25.3 Å². The summed E-state index contributed by atoms with van der Waals surface area (Å²) in [6.07, 6.45) is 1.80. The molecule has 0 fully saturated rings. The van der Waals surface area contributed by atoms with Crippen LogP contribution in [0.15, 0.2) is 24.3 Å². The maximum absolute atomic E-state index is 11.0. The Kier molecular flexibility index (Phi) is 6.22. The lowest BCUT2D eigenvalue weighted by molar-refractivity contribution is -0.141. The van der Waals surface area contributed by atoms with Gasteiger partial charge in [0.1, 0.15) is 5.75 Å². The Morgan fingerprint density at radius 1 is 1.22 bits per heavy atom. The molecule has 0 aromatic heterocycles. The number of hydrogen-bond acceptors (Lipinski definition) is 4. The first-order valence-electron chi connectivity index (χ1n) is 5.61. The predicted molar refractivity (Wildman–Crippen MR) is 67.5 cm³/mol. The number of rotatable bonds is 6. The zero-order valence-corrected chi connectivity index (χ0v) is 10.9. The van der Waals surface area contributed by atoms with Gasteiger partial charge < -0.3 is 9.47 Å². The number of halogens is 1. The highest BCUT2D eigenvalue weighted by molar-refractivity contribution is 6.17. The molecule has 0 N–H and O–H groups in total. The molecule has 0 spiro atoms. The van der Waals surface area contributed by atoms with Crippen molar-refractivity contribution in [3.8, 4) is 5.75 Å². The minimum atomic E-state index is -0.341. The van der Waals surface area contributed by atoms with Gasteiger partial charge in [0, 0.05) is 13.3 Å². The van der Waals surface area contributed by atoms with Gasteiger partial charge >= 0.3 is 11.9 Å². The van der Waals surface area contributed by atoms with Gasteiger partial charge in [-0.25, -0.2) is 0 Å². The Morgan fingerprint density at radius 2 is 1.89 bits per heavy atom. The maximum atomic E-state index is 11.0. The van der Waals surface area contributed by atoms with Crippen LogP contribution < -0.4 is 4.74 Å². The molecule has 1 rings (SSSR count). The molecule has 0 aliphatic heterocycles. The highest BCUT2D eigenvalue weighted by Gasteiger charge is 2.03. The molecule has 0 saturated heterocycles. The van der Waals surface area contributed by atoms with Crippen LogP contribution in [0.5, 0.6) is 5.75 Å². The van der Waals surface area contributed by atoms with Gasteiger partial charge in [0.15, 0.2) is 6.07 Å². The number of ether oxygens (including phenoxy) is 2. The van der Waals surface area contributed by atoms with E-state index in [1.54, 1.807) is 12.1 Å². The SMILES string of the molecule is CC(=O)Oc1ccc(CCCC(=O)OCCl)cc1. The number of benzene rings is 1. The third kappa shape index (κ3) is 5.68. The second-order valence-corrected chi connectivity index (χ2v) is 3.93. The lowest BCUT2D eigenvalue weighted by Gasteiger charge is -2.04. The van der Waals surface area contributed by atoms with Gasteiger partial charge in [0.2, 0.25) is 0 Å². The third-order valence-electron chi connectivity index (χ3n) is 2.25. The maximum Gasteiger partial charge on any atom is 0.308 e. The van der Waals surface area contributed by atoms with Crippen molar-refractivity contribution in [2.24, 2.45) is 0 Å². The van der Waals surface area contributed by atoms with Crippen LogP contribution in [0.2, 0.25) is 0 Å². The number of carbonyl (C=O) groups is 2. The monoisotopic (exact) mass is 270 g/mol. The number of alkyl halides is 1. The summed E-state index contributed by atoms with van der Waals surface area (Å²) in [5.41, 5.74) is 1.07. The molecule has 0 aliphatic rings. The Balaban J connectivity index is 2.35. The van der Waals surface area contributed by atoms with Crippen molar-refractivity contribution in [1.29, 1.82) is 0 Å². The minimum Gasteiger partial charge on any atom is -0.449 e. The van der Waals surface area contributed by atoms with Gasteiger partial charge in [-0.2, -0.15) is 0 Å². The number of aryl methyl sites for hydroxylation is 1. The average Bonchev–Trinajstić information content (AvgIpc) is 2.31. The van der Waals surface area contributed by atoms with Crippen LogP contribution in [0, 0.1) is 0 Å². The third-order valence-corrected chi connectivity index (χ3v) is 2.36. The highest BCUT2D eigenvalue weighted by atomic mass is 35.5. The van der Waals surface area contributed by atoms with Crippen LogP contribution in [-0.4, -0.2) is 18.0 Å². The second-order valence-electron chi connectivity index (χ2n) is 3.72. The fraction of sp³-hybridized carbons (Fsp3) is 0.385. The standard InChI is InChI=1S/C13H15ClO4/c1-10(15)18-12-7-5-11(6-8-12)3-2-4-13(16)17-9-14/h5-8H,2-4,9H2,1H3. The van der Waals surface area contributed by atoms with Crippen LogP contribution in [0.3, 0.4) is 0 Å². The van der Waals surface area contributed by atoms with Crippen molar-refractivity contribution in [3.05, 3.63) is 29.8 Å². The summed E-state index contributed by atoms with van der Waals surface area (Å²) >= 11 is 5.27. The average molecular weight is 271 g/mol. The van der Waals surface area contributed by atoms with E-state index in [1.807, 2.05) is 12.1 Å². The number of hydrogen-bond donors (Lipinski definition) is 0. The van der Waals surface area contributed by atoms with E-state index >= 15 is 0 Å². The molecule has 0 atom stereocenters. The topological polar surface area (TPSA) is 52.6 Å². The van der Waals surface area contributed by atoms with Gasteiger partial charge in [-0.15, -0.1) is 0 Å². The van der Waals surface area contributed by atoms with Crippen LogP contribution >= 0.6 is 11.6 Å². The zero-order chi connectivity index (χ0) is 13.4. The largest absolute Gasteiger partial charge is 0.449 e. The van der Waals surface area contributed by atoms with Crippen LogP contribution in [-0.2, 0) is 20.7 Å². The molecule has 0 radical (unpaired) electrons. The van der Waals surface area contributed by atoms with E-state index < -0.39 is 0 Å². The summed E-state index contributed by atoms with van der Waals surface area (Å²) in [6, 6.07) is 7.09. The Bertz CT molecular complexity index is 400. The number of carbonyl (C=O) groups excluding carboxylic acids is 2. The molecule has 1 aromatic rings. The van der Waals surface area contributed by atoms with E-state index in [-0.39, 0.29) is 18.0 Å². The van der Waals surface area contributed by atoms with Gasteiger partial charge in [-0.05, 0) is 30.5 Å². The first-order chi connectivity index (χ1) is 8.61. The van der Waals surface area contributed by atoms with Crippen LogP contribution in [0.25, 0.3) is 0 Å². The molecule has 0 bridgehead atoms. The summed E-state index contributed by atoms with van der Waals surface area (Å²) in [5.74, 6) is -0.110. The molecule has 4 nitrogen and oxygen atoms in total. The van der Waals surface area contributed by atoms with Crippen molar-refractivity contribution in [2.45, 2.75) is 26.2 Å². The molecular weight excluding hydrogens is 256 g/mol. The quantitative estimate of drug-likeness (QED) is 0.453. The molecule has 98 valence electrons. The zero-order valence-electron chi connectivity index (χ0n) is 10.1. The fourth-order valence-electron chi connectivity index (χ4n) is 1.46. The van der Waals surface area contributed by atoms with Crippen molar-refractivity contribution in [3.63, 3.8) is 0 Å². The molecule has 5 heteroatoms. The molecule has 0 amide bonds. The Hall–Kier alpha value is -1.55. The van der Waals surface area contributed by atoms with E-state index in [2.05, 4.69) is 4.74 Å². The summed E-state index contributed by atoms with van der Waals surface area (Å²) in [7, 11) is 0. The van der Waals surface area contributed by atoms with Crippen molar-refractivity contribution in [2.75, 3.05) is 6.07 Å². The van der Waals surface area contributed by atoms with Gasteiger partial charge in [0.05, 0.1) is 0 Å². The fourth-order valence-corrected chi connectivity index (χ4v) is 1.58. The minimum absolute atomic E-state index is 0.101. The second kappa shape index (κ2) is 7.71. The summed E-state index contributed by atoms with van der Waals surface area (Å²) < 4.78 is 9.53. The molecule has 18 heavy (non-hydrogen) atoms. The molecule has 0 aliphatic carbocycles. The van der Waals surface area contributed by atoms with E-state index in [9.17, 15) is 9.59 Å². The summed E-state index contributed by atoms with van der Waals surface area (Å²) in [5, 5.41) is 0. The normalized spacial score (nSPS) is 9.89. The van der Waals surface area contributed by atoms with Crippen molar-refractivity contribution >= 4 is 23.5 Å². The molecule has 1 aromatic carbocycles. The highest BCUT2D eigenvalue weighted by Crippen LogP contribution is 2.14. The first kappa shape index (κ1) is 14.5. The summed E-state index contributed by atoms with van der Waals surface area (Å²) in [4.78, 5) is 21.8. The van der Waals surface area contributed by atoms with E-state index in [1.165, 1.54) is 6.92 Å². The van der Waals surface area contributed by atoms with Crippen molar-refractivity contribution in [1.82, 2.24) is 0 Å². The van der Waals surface area contributed by atoms with Crippen molar-refractivity contribution < 1.29 is 19.1 Å². The lowest BCUT2D eigenvalue weighted by atomic mass is 10.1. The van der Waals surface area contributed by atoms with Gasteiger partial charge in [-0.1, -0.05) is 23.7 Å². The van der Waals surface area contributed by atoms with E-state index in [0.29, 0.717) is 18.6 Å². The van der Waals surface area contributed by atoms with Gasteiger partial charge in [-0.3, -0.25) is 9.59 Å². The Morgan fingerprint density at radius 3 is 2.44 bits per heavy atom. The molecule has 0 unspecified atom stereocenters. The molecule has 0 saturated carbocycles.